The Bertz CT molecular complexity index is 1550. The smallest absolute Gasteiger partial charge is 0.141 e. The molecule has 0 spiro atoms. The minimum absolute atomic E-state index is 1.16. The van der Waals surface area contributed by atoms with Crippen molar-refractivity contribution in [2.45, 2.75) is 6.92 Å². The molecule has 0 unspecified atom stereocenters. The van der Waals surface area contributed by atoms with Gasteiger partial charge in [0.05, 0.1) is 0 Å². The molecule has 1 nitrogen and oxygen atoms in total. The Morgan fingerprint density at radius 3 is 1.57 bits per heavy atom. The van der Waals surface area contributed by atoms with Crippen molar-refractivity contribution in [1.82, 2.24) is 0 Å². The molecular formula is C31H30B5N. The van der Waals surface area contributed by atoms with Crippen molar-refractivity contribution >= 4 is 83.6 Å². The number of rotatable bonds is 5. The third-order valence-electron chi connectivity index (χ3n) is 7.87. The second-order valence-corrected chi connectivity index (χ2v) is 10.1. The summed E-state index contributed by atoms with van der Waals surface area (Å²) < 4.78 is 0. The molecule has 5 aromatic rings. The molecule has 0 radical (unpaired) electrons. The highest BCUT2D eigenvalue weighted by Gasteiger charge is 2.20. The van der Waals surface area contributed by atoms with E-state index >= 15 is 0 Å². The Morgan fingerprint density at radius 2 is 0.946 bits per heavy atom. The van der Waals surface area contributed by atoms with E-state index in [1.54, 1.807) is 0 Å². The monoisotopic (exact) mass is 471 g/mol. The first-order valence-electron chi connectivity index (χ1n) is 13.0. The van der Waals surface area contributed by atoms with E-state index in [9.17, 15) is 0 Å². The van der Waals surface area contributed by atoms with Crippen molar-refractivity contribution < 1.29 is 0 Å². The number of benzene rings is 5. The quantitative estimate of drug-likeness (QED) is 0.329. The molecule has 0 atom stereocenters. The third kappa shape index (κ3) is 4.81. The van der Waals surface area contributed by atoms with Gasteiger partial charge in [-0.1, -0.05) is 106 Å². The molecule has 6 heteroatoms. The lowest BCUT2D eigenvalue weighted by atomic mass is 9.61. The number of aryl methyl sites for hydroxylation is 1. The van der Waals surface area contributed by atoms with Crippen LogP contribution in [0.25, 0.3) is 22.3 Å². The van der Waals surface area contributed by atoms with Crippen molar-refractivity contribution in [3.63, 3.8) is 0 Å². The Kier molecular flexibility index (Phi) is 6.93. The highest BCUT2D eigenvalue weighted by Crippen LogP contribution is 2.35. The number of hydrogen-bond donors (Lipinski definition) is 0. The lowest BCUT2D eigenvalue weighted by Crippen LogP contribution is -2.56. The largest absolute Gasteiger partial charge is 0.312 e. The van der Waals surface area contributed by atoms with Gasteiger partial charge in [0.1, 0.15) is 39.2 Å². The summed E-state index contributed by atoms with van der Waals surface area (Å²) in [6.45, 7) is 2.15. The molecule has 0 saturated carbocycles. The fourth-order valence-electron chi connectivity index (χ4n) is 5.31. The van der Waals surface area contributed by atoms with E-state index in [2.05, 4.69) is 154 Å². The second-order valence-electron chi connectivity index (χ2n) is 10.1. The predicted molar refractivity (Wildman–Crippen MR) is 178 cm³/mol. The van der Waals surface area contributed by atoms with Gasteiger partial charge >= 0.3 is 0 Å². The highest BCUT2D eigenvalue weighted by molar-refractivity contribution is 6.69. The van der Waals surface area contributed by atoms with Crippen LogP contribution in [0.2, 0.25) is 0 Å². The molecule has 5 aromatic carbocycles. The summed E-state index contributed by atoms with van der Waals surface area (Å²) >= 11 is 0. The van der Waals surface area contributed by atoms with E-state index in [0.29, 0.717) is 0 Å². The van der Waals surface area contributed by atoms with Crippen molar-refractivity contribution in [2.75, 3.05) is 4.90 Å². The van der Waals surface area contributed by atoms with E-state index in [-0.39, 0.29) is 0 Å². The van der Waals surface area contributed by atoms with Crippen molar-refractivity contribution in [3.05, 3.63) is 109 Å². The van der Waals surface area contributed by atoms with Crippen LogP contribution >= 0.6 is 0 Å². The molecule has 37 heavy (non-hydrogen) atoms. The fraction of sp³-hybridized carbons (Fsp3) is 0.0323. The zero-order chi connectivity index (χ0) is 26.1. The first-order valence-corrected chi connectivity index (χ1v) is 13.0. The zero-order valence-electron chi connectivity index (χ0n) is 22.8. The van der Waals surface area contributed by atoms with E-state index < -0.39 is 0 Å². The Balaban J connectivity index is 1.71. The van der Waals surface area contributed by atoms with Crippen LogP contribution < -0.4 is 32.2 Å². The standard InChI is InChI=1S/C31H30B5N/c1-19-7-5-10-22(17-19)23-11-6-12-25(18-23)37(31-29(35)27(33)26(32)28(34)30(31)36)24-15-13-21(14-16-24)20-8-3-2-4-9-20/h2-18H,32-36H2,1H3. The van der Waals surface area contributed by atoms with Gasteiger partial charge in [0.15, 0.2) is 0 Å². The number of hydrogen-bond acceptors (Lipinski definition) is 1. The minimum atomic E-state index is 1.16. The van der Waals surface area contributed by atoms with Crippen molar-refractivity contribution in [3.8, 4) is 22.3 Å². The van der Waals surface area contributed by atoms with Crippen molar-refractivity contribution in [2.24, 2.45) is 0 Å². The van der Waals surface area contributed by atoms with E-state index in [1.807, 2.05) is 0 Å². The molecule has 174 valence electrons. The normalized spacial score (nSPS) is 10.8. The van der Waals surface area contributed by atoms with Gasteiger partial charge in [-0.15, -0.1) is 5.46 Å². The maximum Gasteiger partial charge on any atom is 0.141 e. The fourth-order valence-corrected chi connectivity index (χ4v) is 5.31. The van der Waals surface area contributed by atoms with Gasteiger partial charge in [-0.3, -0.25) is 0 Å². The summed E-state index contributed by atoms with van der Waals surface area (Å²) in [7, 11) is 11.3. The van der Waals surface area contributed by atoms with Crippen LogP contribution in [0.5, 0.6) is 0 Å². The highest BCUT2D eigenvalue weighted by atomic mass is 15.1. The minimum Gasteiger partial charge on any atom is -0.312 e. The summed E-state index contributed by atoms with van der Waals surface area (Å²) in [4.78, 5) is 2.44. The average molecular weight is 471 g/mol. The van der Waals surface area contributed by atoms with Gasteiger partial charge < -0.3 is 4.90 Å². The van der Waals surface area contributed by atoms with Crippen LogP contribution in [0.3, 0.4) is 0 Å². The van der Waals surface area contributed by atoms with E-state index in [4.69, 9.17) is 0 Å². The molecule has 0 saturated heterocycles. The molecule has 0 fully saturated rings. The van der Waals surface area contributed by atoms with E-state index in [0.717, 1.165) is 5.69 Å². The molecule has 0 amide bonds. The zero-order valence-corrected chi connectivity index (χ0v) is 22.8. The molecule has 0 bridgehead atoms. The summed E-state index contributed by atoms with van der Waals surface area (Å²) in [6, 6.07) is 37.2. The van der Waals surface area contributed by atoms with Gasteiger partial charge in [-0.2, -0.15) is 0 Å². The molecule has 0 N–H and O–H groups in total. The van der Waals surface area contributed by atoms with Crippen LogP contribution in [-0.4, -0.2) is 39.2 Å². The first kappa shape index (κ1) is 24.9. The second kappa shape index (κ2) is 10.3. The number of nitrogens with zero attached hydrogens (tertiary/aromatic N) is 1. The Hall–Kier alpha value is -3.78. The summed E-state index contributed by atoms with van der Waals surface area (Å²) in [5.41, 5.74) is 16.6. The summed E-state index contributed by atoms with van der Waals surface area (Å²) in [5.74, 6) is 0. The van der Waals surface area contributed by atoms with Gasteiger partial charge in [-0.05, 0) is 53.4 Å². The van der Waals surface area contributed by atoms with Crippen LogP contribution in [0.15, 0.2) is 103 Å². The molecule has 0 heterocycles. The molecular weight excluding hydrogens is 440 g/mol. The van der Waals surface area contributed by atoms with Crippen LogP contribution in [0.4, 0.5) is 17.1 Å². The van der Waals surface area contributed by atoms with Crippen LogP contribution in [0, 0.1) is 6.92 Å². The maximum absolute atomic E-state index is 2.44. The van der Waals surface area contributed by atoms with E-state index in [1.165, 1.54) is 66.5 Å². The Morgan fingerprint density at radius 1 is 0.432 bits per heavy atom. The Labute approximate surface area is 226 Å². The number of anilines is 3. The average Bonchev–Trinajstić information content (AvgIpc) is 2.94. The van der Waals surface area contributed by atoms with Crippen LogP contribution in [-0.2, 0) is 0 Å². The third-order valence-corrected chi connectivity index (χ3v) is 7.87. The maximum atomic E-state index is 2.44. The SMILES string of the molecule is Bc1c(B)c(B)c(N(c2ccc(-c3ccccc3)cc2)c2cccc(-c3cccc(C)c3)c2)c(B)c1B. The molecule has 0 aliphatic rings. The van der Waals surface area contributed by atoms with Gasteiger partial charge in [0.2, 0.25) is 0 Å². The molecule has 0 aliphatic heterocycles. The van der Waals surface area contributed by atoms with Gasteiger partial charge in [0.25, 0.3) is 0 Å². The van der Waals surface area contributed by atoms with Crippen molar-refractivity contribution in [1.29, 1.82) is 0 Å². The van der Waals surface area contributed by atoms with Gasteiger partial charge in [0, 0.05) is 17.1 Å². The van der Waals surface area contributed by atoms with Crippen LogP contribution in [0.1, 0.15) is 5.56 Å². The summed E-state index contributed by atoms with van der Waals surface area (Å²) in [5, 5.41) is 0. The lowest BCUT2D eigenvalue weighted by molar-refractivity contribution is 1.31. The van der Waals surface area contributed by atoms with Gasteiger partial charge in [-0.25, -0.2) is 0 Å². The topological polar surface area (TPSA) is 3.24 Å². The molecule has 0 aromatic heterocycles. The molecule has 0 aliphatic carbocycles. The predicted octanol–water partition coefficient (Wildman–Crippen LogP) is 0.0908. The first-order chi connectivity index (χ1) is 17.8. The lowest BCUT2D eigenvalue weighted by Gasteiger charge is -2.32. The summed E-state index contributed by atoms with van der Waals surface area (Å²) in [6.07, 6.45) is 0. The molecule has 5 rings (SSSR count).